The molecule has 43 heavy (non-hydrogen) atoms. The van der Waals surface area contributed by atoms with Gasteiger partial charge in [0.05, 0.1) is 16.9 Å². The highest BCUT2D eigenvalue weighted by atomic mass is 16.6. The van der Waals surface area contributed by atoms with Crippen molar-refractivity contribution in [2.45, 2.75) is 59.5 Å². The van der Waals surface area contributed by atoms with E-state index < -0.39 is 16.8 Å². The van der Waals surface area contributed by atoms with Crippen LogP contribution in [-0.4, -0.2) is 61.4 Å². The molecule has 0 saturated heterocycles. The number of benzene rings is 3. The van der Waals surface area contributed by atoms with Crippen LogP contribution in [0.15, 0.2) is 54.6 Å². The second kappa shape index (κ2) is 14.0. The number of carboxylic acids is 1. The molecule has 1 amide bonds. The zero-order chi connectivity index (χ0) is 31.1. The summed E-state index contributed by atoms with van der Waals surface area (Å²) < 4.78 is 1.76. The van der Waals surface area contributed by atoms with Crippen molar-refractivity contribution in [1.82, 2.24) is 25.2 Å². The van der Waals surface area contributed by atoms with E-state index in [1.54, 1.807) is 33.8 Å². The molecule has 11 heteroatoms. The van der Waals surface area contributed by atoms with E-state index in [9.17, 15) is 24.8 Å². The summed E-state index contributed by atoms with van der Waals surface area (Å²) in [6, 6.07) is 16.0. The van der Waals surface area contributed by atoms with Gasteiger partial charge in [0, 0.05) is 42.7 Å². The Bertz CT molecular complexity index is 1620. The van der Waals surface area contributed by atoms with Crippen LogP contribution in [0.3, 0.4) is 0 Å². The van der Waals surface area contributed by atoms with Crippen molar-refractivity contribution in [3.05, 3.63) is 98.1 Å². The molecule has 0 bridgehead atoms. The average molecular weight is 587 g/mol. The molecule has 226 valence electrons. The summed E-state index contributed by atoms with van der Waals surface area (Å²) in [6.07, 6.45) is 0.0933. The average Bonchev–Trinajstić information content (AvgIpc) is 3.44. The van der Waals surface area contributed by atoms with Gasteiger partial charge in [-0.05, 0) is 73.8 Å². The van der Waals surface area contributed by atoms with Crippen LogP contribution in [0.25, 0.3) is 11.0 Å². The van der Waals surface area contributed by atoms with E-state index >= 15 is 0 Å². The van der Waals surface area contributed by atoms with Crippen LogP contribution < -0.4 is 5.32 Å². The van der Waals surface area contributed by atoms with Gasteiger partial charge in [-0.15, -0.1) is 5.10 Å². The molecule has 2 heterocycles. The highest BCUT2D eigenvalue weighted by molar-refractivity contribution is 5.94. The van der Waals surface area contributed by atoms with Crippen LogP contribution in [0.2, 0.25) is 0 Å². The largest absolute Gasteiger partial charge is 0.481 e. The van der Waals surface area contributed by atoms with Crippen molar-refractivity contribution in [2.75, 3.05) is 19.6 Å². The maximum Gasteiger partial charge on any atom is 0.304 e. The quantitative estimate of drug-likeness (QED) is 0.204. The van der Waals surface area contributed by atoms with Gasteiger partial charge in [-0.3, -0.25) is 19.7 Å². The molecule has 1 atom stereocenters. The number of rotatable bonds is 9. The standard InChI is InChI=1S/C28H27N5O5.C4H11N/c1-3-32-24-10-9-21(17(2)27(24)29-30-32)23(15-26(34)35)19-13-20-16-31(28(36)18-7-5-4-6-8-18)12-11-22(20)25(14-19)33(37)38;1-3-5-4-2/h4-10,13-14,23H,3,11-12,15-16H2,1-2H3,(H,34,35);5H,3-4H2,1-2H3. The normalized spacial score (nSPS) is 13.2. The second-order valence-electron chi connectivity index (χ2n) is 10.4. The third-order valence-electron chi connectivity index (χ3n) is 7.78. The van der Waals surface area contributed by atoms with Gasteiger partial charge in [-0.25, -0.2) is 4.68 Å². The number of nitrogens with zero attached hydrogens (tertiary/aromatic N) is 5. The van der Waals surface area contributed by atoms with Crippen molar-refractivity contribution >= 4 is 28.6 Å². The monoisotopic (exact) mass is 586 g/mol. The number of nitro benzene ring substituents is 1. The van der Waals surface area contributed by atoms with Crippen LogP contribution in [-0.2, 0) is 24.3 Å². The molecule has 1 aliphatic rings. The maximum absolute atomic E-state index is 13.1. The van der Waals surface area contributed by atoms with Crippen molar-refractivity contribution in [3.8, 4) is 0 Å². The van der Waals surface area contributed by atoms with Crippen molar-refractivity contribution < 1.29 is 19.6 Å². The number of aliphatic carboxylic acids is 1. The van der Waals surface area contributed by atoms with Gasteiger partial charge >= 0.3 is 5.97 Å². The zero-order valence-corrected chi connectivity index (χ0v) is 25.0. The van der Waals surface area contributed by atoms with Crippen LogP contribution >= 0.6 is 0 Å². The summed E-state index contributed by atoms with van der Waals surface area (Å²) in [5.74, 6) is -1.81. The van der Waals surface area contributed by atoms with Crippen LogP contribution in [0.1, 0.15) is 71.3 Å². The molecule has 1 aromatic heterocycles. The van der Waals surface area contributed by atoms with Crippen LogP contribution in [0.5, 0.6) is 0 Å². The highest BCUT2D eigenvalue weighted by Gasteiger charge is 2.31. The third kappa shape index (κ3) is 6.89. The van der Waals surface area contributed by atoms with Gasteiger partial charge in [0.1, 0.15) is 5.52 Å². The first kappa shape index (κ1) is 31.3. The zero-order valence-electron chi connectivity index (χ0n) is 25.0. The fraction of sp³-hybridized carbons (Fsp3) is 0.375. The molecule has 1 unspecified atom stereocenters. The second-order valence-corrected chi connectivity index (χ2v) is 10.4. The molecule has 4 aromatic rings. The number of aryl methyl sites for hydroxylation is 2. The van der Waals surface area contributed by atoms with Crippen molar-refractivity contribution in [3.63, 3.8) is 0 Å². The summed E-state index contributed by atoms with van der Waals surface area (Å²) in [7, 11) is 0. The minimum atomic E-state index is -1.02. The van der Waals surface area contributed by atoms with Gasteiger partial charge in [0.2, 0.25) is 0 Å². The predicted molar refractivity (Wildman–Crippen MR) is 164 cm³/mol. The van der Waals surface area contributed by atoms with E-state index in [2.05, 4.69) is 29.5 Å². The van der Waals surface area contributed by atoms with E-state index in [1.165, 1.54) is 6.07 Å². The first-order valence-electron chi connectivity index (χ1n) is 14.6. The van der Waals surface area contributed by atoms with Gasteiger partial charge in [0.25, 0.3) is 11.6 Å². The molecule has 2 N–H and O–H groups in total. The van der Waals surface area contributed by atoms with Gasteiger partial charge in [-0.1, -0.05) is 49.4 Å². The van der Waals surface area contributed by atoms with Crippen molar-refractivity contribution in [2.24, 2.45) is 0 Å². The summed E-state index contributed by atoms with van der Waals surface area (Å²) in [5.41, 5.74) is 5.31. The number of nitrogens with one attached hydrogen (secondary N) is 1. The molecular weight excluding hydrogens is 548 g/mol. The Morgan fingerprint density at radius 3 is 2.42 bits per heavy atom. The van der Waals surface area contributed by atoms with Crippen LogP contribution in [0.4, 0.5) is 5.69 Å². The SMILES string of the molecule is CCNCC.CCn1nnc2c(C)c(C(CC(=O)O)c3cc4c(c([N+](=O)[O-])c3)CCN(C(=O)c3ccccc3)C4)ccc21. The van der Waals surface area contributed by atoms with E-state index in [1.807, 2.05) is 38.1 Å². The molecular formula is C32H38N6O5. The van der Waals surface area contributed by atoms with Crippen LogP contribution in [0, 0.1) is 17.0 Å². The Labute approximate surface area is 250 Å². The number of hydrogen-bond acceptors (Lipinski definition) is 7. The van der Waals surface area contributed by atoms with E-state index in [4.69, 9.17) is 0 Å². The summed E-state index contributed by atoms with van der Waals surface area (Å²) >= 11 is 0. The number of carbonyl (C=O) groups is 2. The summed E-state index contributed by atoms with van der Waals surface area (Å²) in [6.45, 7) is 11.4. The first-order valence-corrected chi connectivity index (χ1v) is 14.6. The molecule has 1 aliphatic heterocycles. The molecule has 5 rings (SSSR count). The summed E-state index contributed by atoms with van der Waals surface area (Å²) in [5, 5.41) is 33.5. The fourth-order valence-electron chi connectivity index (χ4n) is 5.63. The minimum absolute atomic E-state index is 0.0460. The lowest BCUT2D eigenvalue weighted by Crippen LogP contribution is -2.36. The number of fused-ring (bicyclic) bond motifs is 2. The lowest BCUT2D eigenvalue weighted by molar-refractivity contribution is -0.385. The topological polar surface area (TPSA) is 143 Å². The molecule has 0 spiro atoms. The number of amides is 1. The van der Waals surface area contributed by atoms with Gasteiger partial charge in [0.15, 0.2) is 0 Å². The Kier molecular flexibility index (Phi) is 10.2. The lowest BCUT2D eigenvalue weighted by Gasteiger charge is -2.30. The van der Waals surface area contributed by atoms with E-state index in [0.717, 1.165) is 29.7 Å². The Hall–Kier alpha value is -4.64. The van der Waals surface area contributed by atoms with Gasteiger partial charge in [-0.2, -0.15) is 0 Å². The third-order valence-corrected chi connectivity index (χ3v) is 7.78. The molecule has 0 fully saturated rings. The Morgan fingerprint density at radius 1 is 1.09 bits per heavy atom. The number of carboxylic acid groups (broad SMARTS) is 1. The summed E-state index contributed by atoms with van der Waals surface area (Å²) in [4.78, 5) is 38.4. The van der Waals surface area contributed by atoms with Crippen molar-refractivity contribution in [1.29, 1.82) is 0 Å². The molecule has 0 radical (unpaired) electrons. The lowest BCUT2D eigenvalue weighted by atomic mass is 9.83. The Morgan fingerprint density at radius 2 is 1.81 bits per heavy atom. The number of carbonyl (C=O) groups excluding carboxylic acids is 1. The minimum Gasteiger partial charge on any atom is -0.481 e. The van der Waals surface area contributed by atoms with E-state index in [0.29, 0.717) is 47.3 Å². The fourth-order valence-corrected chi connectivity index (χ4v) is 5.63. The number of aromatic nitrogens is 3. The smallest absolute Gasteiger partial charge is 0.304 e. The van der Waals surface area contributed by atoms with E-state index in [-0.39, 0.29) is 24.6 Å². The molecule has 11 nitrogen and oxygen atoms in total. The first-order chi connectivity index (χ1) is 20.7. The molecule has 0 saturated carbocycles. The number of hydrogen-bond donors (Lipinski definition) is 2. The predicted octanol–water partition coefficient (Wildman–Crippen LogP) is 5.09. The Balaban J connectivity index is 0.000000782. The van der Waals surface area contributed by atoms with Gasteiger partial charge < -0.3 is 15.3 Å². The molecule has 3 aromatic carbocycles. The molecule has 0 aliphatic carbocycles. The number of nitro groups is 1. The maximum atomic E-state index is 13.1. The highest BCUT2D eigenvalue weighted by Crippen LogP contribution is 2.38.